The number of nitrogens with one attached hydrogen (secondary N) is 2. The molecule has 0 spiro atoms. The van der Waals surface area contributed by atoms with Crippen LogP contribution in [0.5, 0.6) is 0 Å². The van der Waals surface area contributed by atoms with Crippen molar-refractivity contribution in [1.29, 1.82) is 0 Å². The number of anilines is 3. The molecular formula is C21H28N4O. The molecule has 0 bridgehead atoms. The summed E-state index contributed by atoms with van der Waals surface area (Å²) in [7, 11) is 0. The molecule has 3 rings (SSSR count). The molecule has 0 aliphatic carbocycles. The molecule has 1 aliphatic heterocycles. The summed E-state index contributed by atoms with van der Waals surface area (Å²) in [4.78, 5) is 19.1. The van der Waals surface area contributed by atoms with Crippen LogP contribution in [0.4, 0.5) is 17.1 Å². The highest BCUT2D eigenvalue weighted by molar-refractivity contribution is 6.04. The Balaban J connectivity index is 1.59. The fourth-order valence-electron chi connectivity index (χ4n) is 3.18. The van der Waals surface area contributed by atoms with Crippen LogP contribution in [0, 0.1) is 0 Å². The zero-order valence-corrected chi connectivity index (χ0v) is 15.5. The second kappa shape index (κ2) is 9.22. The van der Waals surface area contributed by atoms with E-state index in [1.54, 1.807) is 12.4 Å². The van der Waals surface area contributed by atoms with Gasteiger partial charge in [0.2, 0.25) is 0 Å². The van der Waals surface area contributed by atoms with Crippen LogP contribution in [0.15, 0.2) is 42.7 Å². The number of hydrogen-bond acceptors (Lipinski definition) is 4. The van der Waals surface area contributed by atoms with Crippen LogP contribution in [0.2, 0.25) is 0 Å². The maximum atomic E-state index is 12.5. The monoisotopic (exact) mass is 352 g/mol. The van der Waals surface area contributed by atoms with Crippen LogP contribution < -0.4 is 15.5 Å². The highest BCUT2D eigenvalue weighted by Gasteiger charge is 2.11. The molecule has 0 saturated carbocycles. The van der Waals surface area contributed by atoms with E-state index in [1.807, 2.05) is 18.2 Å². The zero-order valence-electron chi connectivity index (χ0n) is 15.5. The molecule has 1 fully saturated rings. The summed E-state index contributed by atoms with van der Waals surface area (Å²) in [5, 5.41) is 6.26. The van der Waals surface area contributed by atoms with Gasteiger partial charge in [0.05, 0.1) is 11.3 Å². The third-order valence-electron chi connectivity index (χ3n) is 4.71. The van der Waals surface area contributed by atoms with E-state index in [-0.39, 0.29) is 5.91 Å². The van der Waals surface area contributed by atoms with Crippen molar-refractivity contribution in [3.63, 3.8) is 0 Å². The maximum absolute atomic E-state index is 12.5. The fourth-order valence-corrected chi connectivity index (χ4v) is 3.18. The minimum absolute atomic E-state index is 0.137. The van der Waals surface area contributed by atoms with Gasteiger partial charge in [-0.15, -0.1) is 0 Å². The summed E-state index contributed by atoms with van der Waals surface area (Å²) in [6.45, 7) is 5.28. The minimum atomic E-state index is -0.137. The van der Waals surface area contributed by atoms with Crippen molar-refractivity contribution in [1.82, 2.24) is 4.98 Å². The van der Waals surface area contributed by atoms with Crippen molar-refractivity contribution in [3.05, 3.63) is 48.3 Å². The van der Waals surface area contributed by atoms with Crippen LogP contribution in [0.3, 0.4) is 0 Å². The molecule has 5 heteroatoms. The number of unbranched alkanes of at least 4 members (excludes halogenated alkanes) is 1. The molecule has 2 heterocycles. The van der Waals surface area contributed by atoms with Gasteiger partial charge in [0.25, 0.3) is 5.91 Å². The van der Waals surface area contributed by atoms with Gasteiger partial charge in [-0.2, -0.15) is 0 Å². The number of aromatic nitrogens is 1. The number of pyridine rings is 1. The lowest BCUT2D eigenvalue weighted by Gasteiger charge is -2.28. The lowest BCUT2D eigenvalue weighted by molar-refractivity contribution is 0.102. The molecule has 0 unspecified atom stereocenters. The standard InChI is InChI=1S/C21H28N4O/c1-2-3-11-23-19-14-17(15-22-16-19)21(26)24-18-7-9-20(10-8-18)25-12-5-4-6-13-25/h7-10,14-16,23H,2-6,11-13H2,1H3,(H,24,26). The summed E-state index contributed by atoms with van der Waals surface area (Å²) in [6, 6.07) is 9.96. The maximum Gasteiger partial charge on any atom is 0.257 e. The number of benzene rings is 1. The smallest absolute Gasteiger partial charge is 0.257 e. The van der Waals surface area contributed by atoms with Crippen molar-refractivity contribution < 1.29 is 4.79 Å². The molecule has 5 nitrogen and oxygen atoms in total. The molecule has 1 amide bonds. The Labute approximate surface area is 155 Å². The molecule has 0 radical (unpaired) electrons. The van der Waals surface area contributed by atoms with Gasteiger partial charge in [-0.1, -0.05) is 13.3 Å². The van der Waals surface area contributed by atoms with Crippen molar-refractivity contribution in [2.24, 2.45) is 0 Å². The Kier molecular flexibility index (Phi) is 6.47. The van der Waals surface area contributed by atoms with E-state index in [1.165, 1.54) is 24.9 Å². The number of amides is 1. The van der Waals surface area contributed by atoms with Crippen LogP contribution in [0.25, 0.3) is 0 Å². The summed E-state index contributed by atoms with van der Waals surface area (Å²) >= 11 is 0. The first-order chi connectivity index (χ1) is 12.8. The third kappa shape index (κ3) is 4.97. The molecular weight excluding hydrogens is 324 g/mol. The number of nitrogens with zero attached hydrogens (tertiary/aromatic N) is 2. The second-order valence-electron chi connectivity index (χ2n) is 6.79. The average molecular weight is 352 g/mol. The summed E-state index contributed by atoms with van der Waals surface area (Å²) < 4.78 is 0. The quantitative estimate of drug-likeness (QED) is 0.719. The lowest BCUT2D eigenvalue weighted by Crippen LogP contribution is -2.29. The van der Waals surface area contributed by atoms with Gasteiger partial charge in [-0.25, -0.2) is 0 Å². The Morgan fingerprint density at radius 1 is 1.08 bits per heavy atom. The average Bonchev–Trinajstić information content (AvgIpc) is 2.70. The molecule has 1 saturated heterocycles. The Morgan fingerprint density at radius 3 is 2.58 bits per heavy atom. The van der Waals surface area contributed by atoms with Crippen LogP contribution in [-0.2, 0) is 0 Å². The van der Waals surface area contributed by atoms with E-state index in [4.69, 9.17) is 0 Å². The Hall–Kier alpha value is -2.56. The fraction of sp³-hybridized carbons (Fsp3) is 0.429. The van der Waals surface area contributed by atoms with E-state index in [9.17, 15) is 4.79 Å². The zero-order chi connectivity index (χ0) is 18.2. The van der Waals surface area contributed by atoms with Crippen LogP contribution >= 0.6 is 0 Å². The van der Waals surface area contributed by atoms with E-state index in [0.717, 1.165) is 43.9 Å². The first kappa shape index (κ1) is 18.2. The number of carbonyl (C=O) groups excluding carboxylic acids is 1. The van der Waals surface area contributed by atoms with Gasteiger partial charge >= 0.3 is 0 Å². The summed E-state index contributed by atoms with van der Waals surface area (Å²) in [6.07, 6.45) is 9.42. The predicted octanol–water partition coefficient (Wildman–Crippen LogP) is 4.54. The first-order valence-electron chi connectivity index (χ1n) is 9.61. The van der Waals surface area contributed by atoms with Crippen molar-refractivity contribution in [2.75, 3.05) is 35.2 Å². The SMILES string of the molecule is CCCCNc1cncc(C(=O)Nc2ccc(N3CCCCC3)cc2)c1. The molecule has 2 N–H and O–H groups in total. The topological polar surface area (TPSA) is 57.3 Å². The number of piperidine rings is 1. The Morgan fingerprint density at radius 2 is 1.85 bits per heavy atom. The van der Waals surface area contributed by atoms with Gasteiger partial charge in [-0.3, -0.25) is 9.78 Å². The van der Waals surface area contributed by atoms with Crippen molar-refractivity contribution in [3.8, 4) is 0 Å². The van der Waals surface area contributed by atoms with E-state index >= 15 is 0 Å². The predicted molar refractivity (Wildman–Crippen MR) is 108 cm³/mol. The van der Waals surface area contributed by atoms with Gasteiger partial charge in [0.1, 0.15) is 0 Å². The molecule has 26 heavy (non-hydrogen) atoms. The number of rotatable bonds is 7. The number of carbonyl (C=O) groups is 1. The van der Waals surface area contributed by atoms with E-state index in [2.05, 4.69) is 39.6 Å². The van der Waals surface area contributed by atoms with E-state index in [0.29, 0.717) is 5.56 Å². The largest absolute Gasteiger partial charge is 0.384 e. The molecule has 1 aliphatic rings. The summed E-state index contributed by atoms with van der Waals surface area (Å²) in [5.74, 6) is -0.137. The molecule has 0 atom stereocenters. The van der Waals surface area contributed by atoms with Gasteiger partial charge < -0.3 is 15.5 Å². The van der Waals surface area contributed by atoms with Crippen molar-refractivity contribution in [2.45, 2.75) is 39.0 Å². The molecule has 138 valence electrons. The highest BCUT2D eigenvalue weighted by Crippen LogP contribution is 2.22. The number of hydrogen-bond donors (Lipinski definition) is 2. The highest BCUT2D eigenvalue weighted by atomic mass is 16.1. The minimum Gasteiger partial charge on any atom is -0.384 e. The van der Waals surface area contributed by atoms with Gasteiger partial charge in [0.15, 0.2) is 0 Å². The second-order valence-corrected chi connectivity index (χ2v) is 6.79. The van der Waals surface area contributed by atoms with Gasteiger partial charge in [-0.05, 0) is 56.0 Å². The molecule has 1 aromatic carbocycles. The van der Waals surface area contributed by atoms with Crippen LogP contribution in [-0.4, -0.2) is 30.5 Å². The molecule has 2 aromatic rings. The van der Waals surface area contributed by atoms with E-state index < -0.39 is 0 Å². The molecule has 1 aromatic heterocycles. The normalized spacial score (nSPS) is 14.1. The lowest BCUT2D eigenvalue weighted by atomic mass is 10.1. The summed E-state index contributed by atoms with van der Waals surface area (Å²) in [5.41, 5.74) is 3.48. The van der Waals surface area contributed by atoms with Crippen molar-refractivity contribution >= 4 is 23.0 Å². The Bertz CT molecular complexity index is 708. The first-order valence-corrected chi connectivity index (χ1v) is 9.61. The van der Waals surface area contributed by atoms with Crippen LogP contribution in [0.1, 0.15) is 49.4 Å². The third-order valence-corrected chi connectivity index (χ3v) is 4.71. The van der Waals surface area contributed by atoms with Gasteiger partial charge in [0, 0.05) is 43.4 Å².